The molecule has 0 saturated carbocycles. The molecular formula is C17H17FN2O2. The third kappa shape index (κ3) is 3.49. The summed E-state index contributed by atoms with van der Waals surface area (Å²) >= 11 is 0. The van der Waals surface area contributed by atoms with Crippen molar-refractivity contribution in [3.8, 4) is 11.3 Å². The van der Waals surface area contributed by atoms with Gasteiger partial charge in [0.05, 0.1) is 23.9 Å². The van der Waals surface area contributed by atoms with Crippen LogP contribution in [-0.2, 0) is 4.74 Å². The number of amides is 1. The summed E-state index contributed by atoms with van der Waals surface area (Å²) in [5.41, 5.74) is 1.82. The quantitative estimate of drug-likeness (QED) is 0.948. The summed E-state index contributed by atoms with van der Waals surface area (Å²) in [6.07, 6.45) is 3.40. The van der Waals surface area contributed by atoms with Crippen molar-refractivity contribution >= 4 is 5.91 Å². The van der Waals surface area contributed by atoms with Gasteiger partial charge in [-0.05, 0) is 37.1 Å². The SMILES string of the molecule is O=C(NC1CCCOC1)c1ccc(-c2cccc(F)c2)nc1. The fourth-order valence-corrected chi connectivity index (χ4v) is 2.47. The minimum Gasteiger partial charge on any atom is -0.379 e. The number of aromatic nitrogens is 1. The second kappa shape index (κ2) is 6.66. The van der Waals surface area contributed by atoms with Crippen molar-refractivity contribution in [3.63, 3.8) is 0 Å². The van der Waals surface area contributed by atoms with E-state index in [0.29, 0.717) is 23.4 Å². The molecule has 0 bridgehead atoms. The highest BCUT2D eigenvalue weighted by atomic mass is 19.1. The van der Waals surface area contributed by atoms with E-state index in [1.165, 1.54) is 18.3 Å². The number of hydrogen-bond acceptors (Lipinski definition) is 3. The summed E-state index contributed by atoms with van der Waals surface area (Å²) < 4.78 is 18.6. The topological polar surface area (TPSA) is 51.2 Å². The minimum atomic E-state index is -0.307. The summed E-state index contributed by atoms with van der Waals surface area (Å²) in [5.74, 6) is -0.466. The molecule has 1 aromatic carbocycles. The molecule has 0 aliphatic carbocycles. The first-order valence-corrected chi connectivity index (χ1v) is 7.33. The monoisotopic (exact) mass is 300 g/mol. The van der Waals surface area contributed by atoms with Gasteiger partial charge in [0.2, 0.25) is 0 Å². The van der Waals surface area contributed by atoms with Crippen molar-refractivity contribution < 1.29 is 13.9 Å². The second-order valence-corrected chi connectivity index (χ2v) is 5.33. The van der Waals surface area contributed by atoms with Gasteiger partial charge in [-0.2, -0.15) is 0 Å². The third-order valence-corrected chi connectivity index (χ3v) is 3.64. The summed E-state index contributed by atoms with van der Waals surface area (Å²) in [4.78, 5) is 16.4. The lowest BCUT2D eigenvalue weighted by atomic mass is 10.1. The first-order chi connectivity index (χ1) is 10.7. The van der Waals surface area contributed by atoms with Crippen LogP contribution in [0.5, 0.6) is 0 Å². The smallest absolute Gasteiger partial charge is 0.253 e. The Bertz CT molecular complexity index is 652. The van der Waals surface area contributed by atoms with Crippen LogP contribution in [0.2, 0.25) is 0 Å². The fraction of sp³-hybridized carbons (Fsp3) is 0.294. The van der Waals surface area contributed by atoms with Crippen LogP contribution in [0.15, 0.2) is 42.6 Å². The molecule has 4 nitrogen and oxygen atoms in total. The molecule has 1 atom stereocenters. The lowest BCUT2D eigenvalue weighted by Gasteiger charge is -2.23. The Kier molecular flexibility index (Phi) is 4.44. The number of halogens is 1. The normalized spacial score (nSPS) is 18.0. The molecule has 1 aliphatic heterocycles. The van der Waals surface area contributed by atoms with E-state index in [-0.39, 0.29) is 17.8 Å². The van der Waals surface area contributed by atoms with E-state index in [0.717, 1.165) is 19.4 Å². The molecule has 0 radical (unpaired) electrons. The summed E-state index contributed by atoms with van der Waals surface area (Å²) in [7, 11) is 0. The molecule has 1 amide bonds. The van der Waals surface area contributed by atoms with Gasteiger partial charge in [0.1, 0.15) is 5.82 Å². The number of hydrogen-bond donors (Lipinski definition) is 1. The number of rotatable bonds is 3. The minimum absolute atomic E-state index is 0.0594. The second-order valence-electron chi connectivity index (χ2n) is 5.33. The summed E-state index contributed by atoms with van der Waals surface area (Å²) in [6.45, 7) is 1.32. The Labute approximate surface area is 128 Å². The molecule has 1 aliphatic rings. The van der Waals surface area contributed by atoms with Crippen molar-refractivity contribution in [2.45, 2.75) is 18.9 Å². The summed E-state index contributed by atoms with van der Waals surface area (Å²) in [5, 5.41) is 2.94. The van der Waals surface area contributed by atoms with Crippen molar-refractivity contribution in [1.29, 1.82) is 0 Å². The zero-order chi connectivity index (χ0) is 15.4. The van der Waals surface area contributed by atoms with Crippen molar-refractivity contribution in [2.24, 2.45) is 0 Å². The molecule has 5 heteroatoms. The number of nitrogens with zero attached hydrogens (tertiary/aromatic N) is 1. The van der Waals surface area contributed by atoms with E-state index >= 15 is 0 Å². The largest absolute Gasteiger partial charge is 0.379 e. The lowest BCUT2D eigenvalue weighted by Crippen LogP contribution is -2.40. The molecule has 1 N–H and O–H groups in total. The van der Waals surface area contributed by atoms with Crippen molar-refractivity contribution in [3.05, 3.63) is 54.0 Å². The van der Waals surface area contributed by atoms with Crippen LogP contribution in [0.25, 0.3) is 11.3 Å². The van der Waals surface area contributed by atoms with E-state index in [1.54, 1.807) is 24.3 Å². The molecule has 0 spiro atoms. The lowest BCUT2D eigenvalue weighted by molar-refractivity contribution is 0.0624. The van der Waals surface area contributed by atoms with Gasteiger partial charge in [0.15, 0.2) is 0 Å². The van der Waals surface area contributed by atoms with Gasteiger partial charge >= 0.3 is 0 Å². The zero-order valence-electron chi connectivity index (χ0n) is 12.1. The zero-order valence-corrected chi connectivity index (χ0v) is 12.1. The molecule has 1 saturated heterocycles. The van der Waals surface area contributed by atoms with Crippen LogP contribution in [0, 0.1) is 5.82 Å². The molecular weight excluding hydrogens is 283 g/mol. The van der Waals surface area contributed by atoms with Crippen LogP contribution in [0.4, 0.5) is 4.39 Å². The Morgan fingerprint density at radius 2 is 2.23 bits per heavy atom. The molecule has 1 fully saturated rings. The Hall–Kier alpha value is -2.27. The number of carbonyl (C=O) groups excluding carboxylic acids is 1. The van der Waals surface area contributed by atoms with Gasteiger partial charge in [-0.1, -0.05) is 12.1 Å². The molecule has 2 aromatic rings. The molecule has 1 unspecified atom stereocenters. The van der Waals surface area contributed by atoms with Gasteiger partial charge in [-0.3, -0.25) is 9.78 Å². The van der Waals surface area contributed by atoms with Crippen LogP contribution < -0.4 is 5.32 Å². The predicted molar refractivity (Wildman–Crippen MR) is 80.9 cm³/mol. The summed E-state index contributed by atoms with van der Waals surface area (Å²) in [6, 6.07) is 9.71. The highest BCUT2D eigenvalue weighted by Crippen LogP contribution is 2.18. The third-order valence-electron chi connectivity index (χ3n) is 3.64. The van der Waals surface area contributed by atoms with Gasteiger partial charge in [-0.25, -0.2) is 4.39 Å². The van der Waals surface area contributed by atoms with E-state index < -0.39 is 0 Å². The first kappa shape index (κ1) is 14.7. The van der Waals surface area contributed by atoms with E-state index in [9.17, 15) is 9.18 Å². The number of ether oxygens (including phenoxy) is 1. The number of carbonyl (C=O) groups is 1. The highest BCUT2D eigenvalue weighted by Gasteiger charge is 2.17. The number of pyridine rings is 1. The predicted octanol–water partition coefficient (Wildman–Crippen LogP) is 2.80. The van der Waals surface area contributed by atoms with Crippen molar-refractivity contribution in [2.75, 3.05) is 13.2 Å². The maximum Gasteiger partial charge on any atom is 0.253 e. The van der Waals surface area contributed by atoms with Gasteiger partial charge in [0, 0.05) is 18.4 Å². The van der Waals surface area contributed by atoms with Crippen LogP contribution in [0.1, 0.15) is 23.2 Å². The highest BCUT2D eigenvalue weighted by molar-refractivity contribution is 5.94. The number of benzene rings is 1. The molecule has 114 valence electrons. The Morgan fingerprint density at radius 3 is 2.91 bits per heavy atom. The fourth-order valence-electron chi connectivity index (χ4n) is 2.47. The maximum absolute atomic E-state index is 13.2. The van der Waals surface area contributed by atoms with E-state index in [4.69, 9.17) is 4.74 Å². The maximum atomic E-state index is 13.2. The first-order valence-electron chi connectivity index (χ1n) is 7.33. The average Bonchev–Trinajstić information content (AvgIpc) is 2.56. The average molecular weight is 300 g/mol. The molecule has 2 heterocycles. The van der Waals surface area contributed by atoms with Crippen LogP contribution in [-0.4, -0.2) is 30.1 Å². The standard InChI is InChI=1S/C17H17FN2O2/c18-14-4-1-3-12(9-14)16-7-6-13(10-19-16)17(21)20-15-5-2-8-22-11-15/h1,3-4,6-7,9-10,15H,2,5,8,11H2,(H,20,21). The van der Waals surface area contributed by atoms with Crippen molar-refractivity contribution in [1.82, 2.24) is 10.3 Å². The van der Waals surface area contributed by atoms with Gasteiger partial charge in [0.25, 0.3) is 5.91 Å². The Balaban J connectivity index is 1.69. The molecule has 3 rings (SSSR count). The Morgan fingerprint density at radius 1 is 1.32 bits per heavy atom. The van der Waals surface area contributed by atoms with E-state index in [1.807, 2.05) is 0 Å². The van der Waals surface area contributed by atoms with Gasteiger partial charge in [-0.15, -0.1) is 0 Å². The van der Waals surface area contributed by atoms with Crippen LogP contribution in [0.3, 0.4) is 0 Å². The number of nitrogens with one attached hydrogen (secondary N) is 1. The molecule has 22 heavy (non-hydrogen) atoms. The van der Waals surface area contributed by atoms with Crippen LogP contribution >= 0.6 is 0 Å². The van der Waals surface area contributed by atoms with E-state index in [2.05, 4.69) is 10.3 Å². The molecule has 1 aromatic heterocycles. The van der Waals surface area contributed by atoms with Gasteiger partial charge < -0.3 is 10.1 Å².